The highest BCUT2D eigenvalue weighted by Gasteiger charge is 2.39. The Balaban J connectivity index is 1.47. The van der Waals surface area contributed by atoms with Crippen LogP contribution >= 0.6 is 22.9 Å². The monoisotopic (exact) mass is 391 g/mol. The molecule has 3 aliphatic rings. The lowest BCUT2D eigenvalue weighted by Gasteiger charge is -2.48. The van der Waals surface area contributed by atoms with Gasteiger partial charge in [-0.3, -0.25) is 4.90 Å². The Kier molecular flexibility index (Phi) is 5.27. The van der Waals surface area contributed by atoms with E-state index in [1.165, 1.54) is 84.3 Å². The topological polar surface area (TPSA) is 9.72 Å². The van der Waals surface area contributed by atoms with E-state index in [0.717, 1.165) is 11.5 Å². The van der Waals surface area contributed by atoms with E-state index in [4.69, 9.17) is 0 Å². The minimum atomic E-state index is 0.726. The van der Waals surface area contributed by atoms with Crippen LogP contribution in [0.1, 0.15) is 45.4 Å². The quantitative estimate of drug-likeness (QED) is 0.529. The van der Waals surface area contributed by atoms with Crippen molar-refractivity contribution in [2.45, 2.75) is 51.5 Å². The summed E-state index contributed by atoms with van der Waals surface area (Å²) in [5, 5.41) is 0. The molecule has 0 amide bonds. The summed E-state index contributed by atoms with van der Waals surface area (Å²) >= 11 is 2.50. The first-order chi connectivity index (χ1) is 9.71. The zero-order valence-electron chi connectivity index (χ0n) is 13.0. The van der Waals surface area contributed by atoms with E-state index in [1.54, 1.807) is 0 Å². The highest BCUT2D eigenvalue weighted by Crippen LogP contribution is 2.46. The van der Waals surface area contributed by atoms with Crippen molar-refractivity contribution in [1.29, 1.82) is 0 Å². The van der Waals surface area contributed by atoms with Gasteiger partial charge in [-0.15, -0.1) is 0 Å². The summed E-state index contributed by atoms with van der Waals surface area (Å²) in [5.74, 6) is 0. The molecular weight excluding hydrogens is 361 g/mol. The molecule has 0 aromatic rings. The van der Waals surface area contributed by atoms with Gasteiger partial charge < -0.3 is 4.90 Å². The SMILES string of the molecule is CCN1CCN(C2CCC3(CC2)CCN(I)CC3)CC1. The van der Waals surface area contributed by atoms with E-state index in [0.29, 0.717) is 0 Å². The van der Waals surface area contributed by atoms with Crippen LogP contribution in [0, 0.1) is 5.41 Å². The first-order valence-corrected chi connectivity index (χ1v) is 9.54. The molecule has 2 saturated heterocycles. The maximum atomic E-state index is 2.80. The van der Waals surface area contributed by atoms with Crippen LogP contribution < -0.4 is 0 Å². The third-order valence-electron chi connectivity index (χ3n) is 6.16. The largest absolute Gasteiger partial charge is 0.301 e. The Morgan fingerprint density at radius 1 is 0.900 bits per heavy atom. The average Bonchev–Trinajstić information content (AvgIpc) is 2.52. The molecule has 0 bridgehead atoms. The second-order valence-corrected chi connectivity index (χ2v) is 8.48. The maximum absolute atomic E-state index is 2.80. The highest BCUT2D eigenvalue weighted by molar-refractivity contribution is 14.1. The Hall–Kier alpha value is 0.610. The molecule has 3 rings (SSSR count). The molecule has 1 spiro atoms. The van der Waals surface area contributed by atoms with Gasteiger partial charge in [-0.05, 0) is 50.5 Å². The third kappa shape index (κ3) is 3.50. The van der Waals surface area contributed by atoms with E-state index in [2.05, 4.69) is 42.7 Å². The van der Waals surface area contributed by atoms with Crippen LogP contribution in [0.5, 0.6) is 0 Å². The molecule has 0 atom stereocenters. The van der Waals surface area contributed by atoms with E-state index >= 15 is 0 Å². The molecule has 3 nitrogen and oxygen atoms in total. The summed E-state index contributed by atoms with van der Waals surface area (Å²) in [6.45, 7) is 11.4. The lowest BCUT2D eigenvalue weighted by atomic mass is 9.67. The van der Waals surface area contributed by atoms with Crippen LogP contribution in [-0.2, 0) is 0 Å². The number of piperidine rings is 1. The molecule has 20 heavy (non-hydrogen) atoms. The van der Waals surface area contributed by atoms with E-state index in [9.17, 15) is 0 Å². The molecule has 0 radical (unpaired) electrons. The van der Waals surface area contributed by atoms with E-state index in [1.807, 2.05) is 0 Å². The van der Waals surface area contributed by atoms with Crippen molar-refractivity contribution in [1.82, 2.24) is 12.9 Å². The smallest absolute Gasteiger partial charge is 0.0201 e. The van der Waals surface area contributed by atoms with E-state index < -0.39 is 0 Å². The minimum Gasteiger partial charge on any atom is -0.301 e. The average molecular weight is 391 g/mol. The van der Waals surface area contributed by atoms with Crippen molar-refractivity contribution in [2.24, 2.45) is 5.41 Å². The zero-order chi connectivity index (χ0) is 14.0. The fourth-order valence-electron chi connectivity index (χ4n) is 4.48. The lowest BCUT2D eigenvalue weighted by molar-refractivity contribution is 0.0320. The van der Waals surface area contributed by atoms with Crippen molar-refractivity contribution < 1.29 is 0 Å². The Labute approximate surface area is 138 Å². The number of piperazine rings is 1. The summed E-state index contributed by atoms with van der Waals surface area (Å²) in [4.78, 5) is 5.39. The predicted molar refractivity (Wildman–Crippen MR) is 93.2 cm³/mol. The molecule has 1 aliphatic carbocycles. The number of hydrogen-bond acceptors (Lipinski definition) is 3. The van der Waals surface area contributed by atoms with Crippen molar-refractivity contribution >= 4 is 22.9 Å². The molecule has 0 aromatic heterocycles. The standard InChI is InChI=1S/C16H30IN3/c1-2-18-11-13-19(14-12-18)15-3-5-16(6-4-15)7-9-20(17)10-8-16/h15H,2-14H2,1H3. The summed E-state index contributed by atoms with van der Waals surface area (Å²) in [6, 6.07) is 0.900. The minimum absolute atomic E-state index is 0.726. The molecular formula is C16H30IN3. The molecule has 0 unspecified atom stereocenters. The second-order valence-electron chi connectivity index (χ2n) is 7.11. The van der Waals surface area contributed by atoms with Gasteiger partial charge in [0.15, 0.2) is 0 Å². The summed E-state index contributed by atoms with van der Waals surface area (Å²) < 4.78 is 2.49. The Morgan fingerprint density at radius 2 is 1.50 bits per heavy atom. The summed E-state index contributed by atoms with van der Waals surface area (Å²) in [7, 11) is 0. The molecule has 0 N–H and O–H groups in total. The van der Waals surface area contributed by atoms with Crippen LogP contribution in [-0.4, -0.2) is 64.8 Å². The fourth-order valence-corrected chi connectivity index (χ4v) is 4.96. The molecule has 1 saturated carbocycles. The Morgan fingerprint density at radius 3 is 2.05 bits per heavy atom. The van der Waals surface area contributed by atoms with Crippen LogP contribution in [0.4, 0.5) is 0 Å². The van der Waals surface area contributed by atoms with Crippen molar-refractivity contribution in [2.75, 3.05) is 45.8 Å². The van der Waals surface area contributed by atoms with Gasteiger partial charge >= 0.3 is 0 Å². The maximum Gasteiger partial charge on any atom is 0.0201 e. The fraction of sp³-hybridized carbons (Fsp3) is 1.00. The normalized spacial score (nSPS) is 30.9. The van der Waals surface area contributed by atoms with Gasteiger partial charge in [-0.25, -0.2) is 3.11 Å². The van der Waals surface area contributed by atoms with Gasteiger partial charge in [0.05, 0.1) is 0 Å². The first-order valence-electron chi connectivity index (χ1n) is 8.58. The van der Waals surface area contributed by atoms with E-state index in [-0.39, 0.29) is 0 Å². The lowest BCUT2D eigenvalue weighted by Crippen LogP contribution is -2.52. The predicted octanol–water partition coefficient (Wildman–Crippen LogP) is 3.00. The molecule has 2 aliphatic heterocycles. The zero-order valence-corrected chi connectivity index (χ0v) is 15.1. The van der Waals surface area contributed by atoms with Gasteiger partial charge in [0, 0.05) is 68.2 Å². The highest BCUT2D eigenvalue weighted by atomic mass is 127. The van der Waals surface area contributed by atoms with Crippen LogP contribution in [0.15, 0.2) is 0 Å². The second kappa shape index (κ2) is 6.80. The summed E-state index contributed by atoms with van der Waals surface area (Å²) in [6.07, 6.45) is 8.82. The van der Waals surface area contributed by atoms with Crippen LogP contribution in [0.3, 0.4) is 0 Å². The number of hydrogen-bond donors (Lipinski definition) is 0. The van der Waals surface area contributed by atoms with Gasteiger partial charge in [0.1, 0.15) is 0 Å². The van der Waals surface area contributed by atoms with Gasteiger partial charge in [0.25, 0.3) is 0 Å². The number of halogens is 1. The van der Waals surface area contributed by atoms with Crippen molar-refractivity contribution in [3.63, 3.8) is 0 Å². The third-order valence-corrected chi connectivity index (χ3v) is 7.12. The number of nitrogens with zero attached hydrogens (tertiary/aromatic N) is 3. The number of likely N-dealkylation sites (N-methyl/N-ethyl adjacent to an activating group) is 1. The molecule has 2 heterocycles. The van der Waals surface area contributed by atoms with Gasteiger partial charge in [-0.2, -0.15) is 0 Å². The molecule has 3 fully saturated rings. The number of rotatable bonds is 2. The van der Waals surface area contributed by atoms with Gasteiger partial charge in [0.2, 0.25) is 0 Å². The first kappa shape index (κ1) is 15.5. The van der Waals surface area contributed by atoms with Gasteiger partial charge in [-0.1, -0.05) is 6.92 Å². The summed E-state index contributed by atoms with van der Waals surface area (Å²) in [5.41, 5.74) is 0.726. The van der Waals surface area contributed by atoms with Crippen LogP contribution in [0.2, 0.25) is 0 Å². The van der Waals surface area contributed by atoms with Crippen molar-refractivity contribution in [3.8, 4) is 0 Å². The van der Waals surface area contributed by atoms with Crippen LogP contribution in [0.25, 0.3) is 0 Å². The van der Waals surface area contributed by atoms with Crippen molar-refractivity contribution in [3.05, 3.63) is 0 Å². The molecule has 116 valence electrons. The molecule has 0 aromatic carbocycles. The molecule has 4 heteroatoms. The Bertz CT molecular complexity index is 297.